The molecule has 1 aromatic carbocycles. The molecule has 0 saturated heterocycles. The van der Waals surface area contributed by atoms with E-state index in [1.54, 1.807) is 0 Å². The van der Waals surface area contributed by atoms with Crippen LogP contribution >= 0.6 is 0 Å². The monoisotopic (exact) mass is 262 g/mol. The zero-order chi connectivity index (χ0) is 14.4. The van der Waals surface area contributed by atoms with E-state index >= 15 is 0 Å². The van der Waals surface area contributed by atoms with Gasteiger partial charge < -0.3 is 0 Å². The summed E-state index contributed by atoms with van der Waals surface area (Å²) in [5.41, 5.74) is 6.48. The van der Waals surface area contributed by atoms with Crippen molar-refractivity contribution in [2.45, 2.75) is 26.7 Å². The molecule has 0 nitrogen and oxygen atoms in total. The lowest BCUT2D eigenvalue weighted by Gasteiger charge is -2.12. The standard InChI is InChI=1S/C20H22/c1-4-8-17(3)20(15-18-9-6-5-7-10-18)19-13-11-16(2)12-14-19/h4-6,8-9,11-15H,1,7,10H2,2-3H3/b17-8+,20-15-. The van der Waals surface area contributed by atoms with E-state index in [0.29, 0.717) is 0 Å². The Hall–Kier alpha value is -2.08. The minimum Gasteiger partial charge on any atom is -0.0991 e. The summed E-state index contributed by atoms with van der Waals surface area (Å²) in [5, 5.41) is 0. The summed E-state index contributed by atoms with van der Waals surface area (Å²) in [6.45, 7) is 8.07. The molecule has 0 fully saturated rings. The number of hydrogen-bond acceptors (Lipinski definition) is 0. The molecule has 0 heterocycles. The molecule has 0 amide bonds. The summed E-state index contributed by atoms with van der Waals surface area (Å²) in [5.74, 6) is 0. The quantitative estimate of drug-likeness (QED) is 0.603. The molecule has 0 aromatic heterocycles. The van der Waals surface area contributed by atoms with Gasteiger partial charge in [-0.05, 0) is 49.0 Å². The van der Waals surface area contributed by atoms with Crippen LogP contribution in [0.2, 0.25) is 0 Å². The average molecular weight is 262 g/mol. The maximum absolute atomic E-state index is 3.81. The van der Waals surface area contributed by atoms with Crippen molar-refractivity contribution in [1.29, 1.82) is 0 Å². The smallest absolute Gasteiger partial charge is 0.0152 e. The van der Waals surface area contributed by atoms with Crippen molar-refractivity contribution in [3.8, 4) is 0 Å². The van der Waals surface area contributed by atoms with Gasteiger partial charge in [0.1, 0.15) is 0 Å². The van der Waals surface area contributed by atoms with Crippen LogP contribution in [0.25, 0.3) is 5.57 Å². The van der Waals surface area contributed by atoms with Crippen molar-refractivity contribution < 1.29 is 0 Å². The van der Waals surface area contributed by atoms with Gasteiger partial charge in [-0.2, -0.15) is 0 Å². The van der Waals surface area contributed by atoms with Gasteiger partial charge in [-0.3, -0.25) is 0 Å². The molecule has 2 rings (SSSR count). The fourth-order valence-electron chi connectivity index (χ4n) is 2.35. The molecule has 102 valence electrons. The highest BCUT2D eigenvalue weighted by Crippen LogP contribution is 2.27. The number of hydrogen-bond donors (Lipinski definition) is 0. The van der Waals surface area contributed by atoms with Crippen molar-refractivity contribution in [3.05, 3.63) is 89.6 Å². The zero-order valence-corrected chi connectivity index (χ0v) is 12.4. The van der Waals surface area contributed by atoms with E-state index in [1.165, 1.54) is 27.8 Å². The molecule has 0 atom stereocenters. The molecule has 0 bridgehead atoms. The lowest BCUT2D eigenvalue weighted by atomic mass is 9.93. The van der Waals surface area contributed by atoms with Gasteiger partial charge in [0.25, 0.3) is 0 Å². The lowest BCUT2D eigenvalue weighted by Crippen LogP contribution is -1.91. The Balaban J connectivity index is 2.44. The molecular weight excluding hydrogens is 240 g/mol. The van der Waals surface area contributed by atoms with Gasteiger partial charge in [0.2, 0.25) is 0 Å². The Bertz CT molecular complexity index is 589. The highest BCUT2D eigenvalue weighted by atomic mass is 14.1. The van der Waals surface area contributed by atoms with Crippen LogP contribution in [0.5, 0.6) is 0 Å². The summed E-state index contributed by atoms with van der Waals surface area (Å²) in [6, 6.07) is 8.72. The summed E-state index contributed by atoms with van der Waals surface area (Å²) in [6.07, 6.45) is 15.1. The predicted molar refractivity (Wildman–Crippen MR) is 89.6 cm³/mol. The molecule has 1 aliphatic rings. The highest BCUT2D eigenvalue weighted by Gasteiger charge is 2.06. The van der Waals surface area contributed by atoms with E-state index in [0.717, 1.165) is 12.8 Å². The van der Waals surface area contributed by atoms with E-state index in [2.05, 4.69) is 75.1 Å². The van der Waals surface area contributed by atoms with Gasteiger partial charge in [0, 0.05) is 0 Å². The van der Waals surface area contributed by atoms with Crippen molar-refractivity contribution in [3.63, 3.8) is 0 Å². The Morgan fingerprint density at radius 2 is 1.95 bits per heavy atom. The summed E-state index contributed by atoms with van der Waals surface area (Å²) in [4.78, 5) is 0. The molecule has 0 radical (unpaired) electrons. The minimum absolute atomic E-state index is 1.12. The first kappa shape index (κ1) is 14.3. The average Bonchev–Trinajstić information content (AvgIpc) is 2.47. The first-order valence-electron chi connectivity index (χ1n) is 7.15. The molecule has 0 spiro atoms. The Morgan fingerprint density at radius 3 is 2.55 bits per heavy atom. The van der Waals surface area contributed by atoms with Crippen LogP contribution in [0.4, 0.5) is 0 Å². The largest absolute Gasteiger partial charge is 0.0991 e. The van der Waals surface area contributed by atoms with Gasteiger partial charge in [-0.15, -0.1) is 0 Å². The topological polar surface area (TPSA) is 0 Å². The molecule has 0 unspecified atom stereocenters. The van der Waals surface area contributed by atoms with Gasteiger partial charge in [0.15, 0.2) is 0 Å². The molecule has 0 saturated carbocycles. The fraction of sp³-hybridized carbons (Fsp3) is 0.200. The maximum atomic E-state index is 3.81. The molecule has 1 aliphatic carbocycles. The third-order valence-electron chi connectivity index (χ3n) is 3.53. The van der Waals surface area contributed by atoms with E-state index < -0.39 is 0 Å². The summed E-state index contributed by atoms with van der Waals surface area (Å²) < 4.78 is 0. The molecule has 0 heteroatoms. The third-order valence-corrected chi connectivity index (χ3v) is 3.53. The van der Waals surface area contributed by atoms with E-state index in [-0.39, 0.29) is 0 Å². The van der Waals surface area contributed by atoms with E-state index in [1.807, 2.05) is 6.08 Å². The number of aryl methyl sites for hydroxylation is 1. The molecular formula is C20H22. The normalized spacial score (nSPS) is 16.0. The highest BCUT2D eigenvalue weighted by molar-refractivity contribution is 5.80. The van der Waals surface area contributed by atoms with E-state index in [4.69, 9.17) is 0 Å². The number of allylic oxidation sites excluding steroid dienone is 9. The van der Waals surface area contributed by atoms with Gasteiger partial charge in [-0.1, -0.05) is 72.9 Å². The van der Waals surface area contributed by atoms with Crippen molar-refractivity contribution >= 4 is 5.57 Å². The SMILES string of the molecule is C=C/C=C(C)/C(=C/C1=CC=CCC1)c1ccc(C)cc1. The minimum atomic E-state index is 1.12. The predicted octanol–water partition coefficient (Wildman–Crippen LogP) is 5.79. The van der Waals surface area contributed by atoms with Crippen LogP contribution in [0, 0.1) is 6.92 Å². The summed E-state index contributed by atoms with van der Waals surface area (Å²) >= 11 is 0. The number of benzene rings is 1. The Morgan fingerprint density at radius 1 is 1.20 bits per heavy atom. The molecule has 0 aliphatic heterocycles. The summed E-state index contributed by atoms with van der Waals surface area (Å²) in [7, 11) is 0. The second-order valence-corrected chi connectivity index (χ2v) is 5.22. The van der Waals surface area contributed by atoms with Gasteiger partial charge in [-0.25, -0.2) is 0 Å². The zero-order valence-electron chi connectivity index (χ0n) is 12.4. The van der Waals surface area contributed by atoms with E-state index in [9.17, 15) is 0 Å². The first-order valence-corrected chi connectivity index (χ1v) is 7.15. The molecule has 1 aromatic rings. The van der Waals surface area contributed by atoms with Crippen LogP contribution in [-0.2, 0) is 0 Å². The van der Waals surface area contributed by atoms with Crippen LogP contribution < -0.4 is 0 Å². The Labute approximate surface area is 122 Å². The second kappa shape index (κ2) is 6.91. The second-order valence-electron chi connectivity index (χ2n) is 5.22. The fourth-order valence-corrected chi connectivity index (χ4v) is 2.35. The van der Waals surface area contributed by atoms with Crippen molar-refractivity contribution in [2.24, 2.45) is 0 Å². The molecule has 20 heavy (non-hydrogen) atoms. The molecule has 0 N–H and O–H groups in total. The number of rotatable bonds is 4. The van der Waals surface area contributed by atoms with Crippen LogP contribution in [0.15, 0.2) is 78.4 Å². The van der Waals surface area contributed by atoms with Gasteiger partial charge in [0.05, 0.1) is 0 Å². The van der Waals surface area contributed by atoms with Crippen molar-refractivity contribution in [1.82, 2.24) is 0 Å². The maximum Gasteiger partial charge on any atom is -0.0152 e. The third kappa shape index (κ3) is 3.71. The van der Waals surface area contributed by atoms with Gasteiger partial charge >= 0.3 is 0 Å². The lowest BCUT2D eigenvalue weighted by molar-refractivity contribution is 0.991. The Kier molecular flexibility index (Phi) is 4.95. The van der Waals surface area contributed by atoms with Crippen LogP contribution in [0.3, 0.4) is 0 Å². The first-order chi connectivity index (χ1) is 9.70. The van der Waals surface area contributed by atoms with Crippen LogP contribution in [0.1, 0.15) is 30.9 Å². The van der Waals surface area contributed by atoms with Crippen molar-refractivity contribution in [2.75, 3.05) is 0 Å². The van der Waals surface area contributed by atoms with Crippen LogP contribution in [-0.4, -0.2) is 0 Å².